The first-order valence-electron chi connectivity index (χ1n) is 7.62. The van der Waals surface area contributed by atoms with E-state index in [0.29, 0.717) is 19.1 Å². The lowest BCUT2D eigenvalue weighted by Crippen LogP contribution is -2.50. The summed E-state index contributed by atoms with van der Waals surface area (Å²) < 4.78 is 5.38. The van der Waals surface area contributed by atoms with Crippen molar-refractivity contribution >= 4 is 5.91 Å². The lowest BCUT2D eigenvalue weighted by molar-refractivity contribution is -0.131. The molecule has 116 valence electrons. The van der Waals surface area contributed by atoms with E-state index in [9.17, 15) is 4.79 Å². The highest BCUT2D eigenvalue weighted by Gasteiger charge is 2.44. The van der Waals surface area contributed by atoms with Gasteiger partial charge in [0.25, 0.3) is 0 Å². The highest BCUT2D eigenvalue weighted by atomic mass is 16.5. The minimum absolute atomic E-state index is 0.0120. The van der Waals surface area contributed by atoms with Gasteiger partial charge in [0.2, 0.25) is 5.91 Å². The van der Waals surface area contributed by atoms with E-state index in [4.69, 9.17) is 10.5 Å². The lowest BCUT2D eigenvalue weighted by Gasteiger charge is -2.29. The predicted molar refractivity (Wildman–Crippen MR) is 83.7 cm³/mol. The standard InChI is InChI=1S/C17H26N2O2/c1-12(2)9-14(13-7-5-4-6-8-13)19-16(20)17(3)11-21-10-15(17)18/h4-8,12,14-15H,9-11,18H2,1-3H3,(H,19,20). The highest BCUT2D eigenvalue weighted by molar-refractivity contribution is 5.84. The molecule has 1 fully saturated rings. The molecular weight excluding hydrogens is 264 g/mol. The third-order valence-electron chi connectivity index (χ3n) is 4.25. The Morgan fingerprint density at radius 1 is 1.43 bits per heavy atom. The molecule has 0 aromatic heterocycles. The van der Waals surface area contributed by atoms with E-state index in [1.807, 2.05) is 25.1 Å². The molecule has 1 amide bonds. The predicted octanol–water partition coefficient (Wildman–Crippen LogP) is 2.25. The second-order valence-electron chi connectivity index (χ2n) is 6.61. The fraction of sp³-hybridized carbons (Fsp3) is 0.588. The van der Waals surface area contributed by atoms with Crippen LogP contribution in [-0.4, -0.2) is 25.2 Å². The molecule has 1 saturated heterocycles. The average Bonchev–Trinajstić information content (AvgIpc) is 2.80. The smallest absolute Gasteiger partial charge is 0.230 e. The fourth-order valence-corrected chi connectivity index (χ4v) is 2.68. The molecule has 4 heteroatoms. The SMILES string of the molecule is CC(C)CC(NC(=O)C1(C)COCC1N)c1ccccc1. The number of amides is 1. The quantitative estimate of drug-likeness (QED) is 0.874. The summed E-state index contributed by atoms with van der Waals surface area (Å²) in [7, 11) is 0. The molecule has 1 heterocycles. The number of hydrogen-bond donors (Lipinski definition) is 2. The zero-order valence-corrected chi connectivity index (χ0v) is 13.1. The van der Waals surface area contributed by atoms with Gasteiger partial charge in [0.1, 0.15) is 0 Å². The van der Waals surface area contributed by atoms with Gasteiger partial charge < -0.3 is 15.8 Å². The molecular formula is C17H26N2O2. The van der Waals surface area contributed by atoms with Crippen molar-refractivity contribution < 1.29 is 9.53 Å². The second-order valence-corrected chi connectivity index (χ2v) is 6.61. The van der Waals surface area contributed by atoms with Gasteiger partial charge in [-0.2, -0.15) is 0 Å². The van der Waals surface area contributed by atoms with Gasteiger partial charge in [0.05, 0.1) is 24.7 Å². The van der Waals surface area contributed by atoms with Crippen LogP contribution in [0, 0.1) is 11.3 Å². The van der Waals surface area contributed by atoms with Crippen molar-refractivity contribution in [2.75, 3.05) is 13.2 Å². The number of carbonyl (C=O) groups excluding carboxylic acids is 1. The average molecular weight is 290 g/mol. The summed E-state index contributed by atoms with van der Waals surface area (Å²) >= 11 is 0. The molecule has 4 nitrogen and oxygen atoms in total. The number of carbonyl (C=O) groups is 1. The van der Waals surface area contributed by atoms with Crippen molar-refractivity contribution in [3.8, 4) is 0 Å². The molecule has 3 atom stereocenters. The second kappa shape index (κ2) is 6.58. The van der Waals surface area contributed by atoms with Crippen LogP contribution in [0.25, 0.3) is 0 Å². The van der Waals surface area contributed by atoms with Gasteiger partial charge in [-0.25, -0.2) is 0 Å². The Morgan fingerprint density at radius 3 is 2.62 bits per heavy atom. The van der Waals surface area contributed by atoms with Crippen molar-refractivity contribution in [2.45, 2.75) is 39.3 Å². The Hall–Kier alpha value is -1.39. The van der Waals surface area contributed by atoms with E-state index in [-0.39, 0.29) is 18.0 Å². The van der Waals surface area contributed by atoms with Gasteiger partial charge in [-0.05, 0) is 24.8 Å². The molecule has 1 aliphatic heterocycles. The summed E-state index contributed by atoms with van der Waals surface area (Å²) in [5.74, 6) is 0.485. The molecule has 3 unspecified atom stereocenters. The largest absolute Gasteiger partial charge is 0.379 e. The first-order valence-corrected chi connectivity index (χ1v) is 7.62. The summed E-state index contributed by atoms with van der Waals surface area (Å²) in [6.07, 6.45) is 0.905. The maximum Gasteiger partial charge on any atom is 0.230 e. The van der Waals surface area contributed by atoms with Crippen LogP contribution in [0.15, 0.2) is 30.3 Å². The molecule has 1 aromatic carbocycles. The Morgan fingerprint density at radius 2 is 2.10 bits per heavy atom. The summed E-state index contributed by atoms with van der Waals surface area (Å²) in [5.41, 5.74) is 6.54. The van der Waals surface area contributed by atoms with Crippen LogP contribution in [0.4, 0.5) is 0 Å². The van der Waals surface area contributed by atoms with E-state index in [0.717, 1.165) is 12.0 Å². The fourth-order valence-electron chi connectivity index (χ4n) is 2.68. The van der Waals surface area contributed by atoms with E-state index in [1.165, 1.54) is 0 Å². The zero-order chi connectivity index (χ0) is 15.5. The van der Waals surface area contributed by atoms with Crippen LogP contribution in [0.2, 0.25) is 0 Å². The molecule has 1 aliphatic rings. The van der Waals surface area contributed by atoms with Gasteiger partial charge in [-0.1, -0.05) is 44.2 Å². The normalized spacial score (nSPS) is 26.8. The van der Waals surface area contributed by atoms with Crippen molar-refractivity contribution in [1.82, 2.24) is 5.32 Å². The Bertz CT molecular complexity index is 475. The third kappa shape index (κ3) is 3.63. The van der Waals surface area contributed by atoms with Crippen LogP contribution < -0.4 is 11.1 Å². The van der Waals surface area contributed by atoms with E-state index >= 15 is 0 Å². The van der Waals surface area contributed by atoms with Gasteiger partial charge in [-0.15, -0.1) is 0 Å². The molecule has 3 N–H and O–H groups in total. The van der Waals surface area contributed by atoms with Crippen molar-refractivity contribution in [3.05, 3.63) is 35.9 Å². The van der Waals surface area contributed by atoms with E-state index in [1.54, 1.807) is 0 Å². The summed E-state index contributed by atoms with van der Waals surface area (Å²) in [5, 5.41) is 3.18. The summed E-state index contributed by atoms with van der Waals surface area (Å²) in [6, 6.07) is 9.87. The van der Waals surface area contributed by atoms with Crippen molar-refractivity contribution in [1.29, 1.82) is 0 Å². The Labute approximate surface area is 127 Å². The molecule has 0 bridgehead atoms. The molecule has 0 spiro atoms. The Balaban J connectivity index is 2.14. The number of nitrogens with one attached hydrogen (secondary N) is 1. The third-order valence-corrected chi connectivity index (χ3v) is 4.25. The van der Waals surface area contributed by atoms with Crippen LogP contribution in [0.3, 0.4) is 0 Å². The minimum atomic E-state index is -0.635. The van der Waals surface area contributed by atoms with Gasteiger partial charge in [0.15, 0.2) is 0 Å². The number of ether oxygens (including phenoxy) is 1. The van der Waals surface area contributed by atoms with E-state index < -0.39 is 5.41 Å². The van der Waals surface area contributed by atoms with E-state index in [2.05, 4.69) is 31.3 Å². The monoisotopic (exact) mass is 290 g/mol. The van der Waals surface area contributed by atoms with Crippen molar-refractivity contribution in [2.24, 2.45) is 17.1 Å². The molecule has 21 heavy (non-hydrogen) atoms. The maximum absolute atomic E-state index is 12.7. The first-order chi connectivity index (χ1) is 9.93. The summed E-state index contributed by atoms with van der Waals surface area (Å²) in [6.45, 7) is 7.05. The topological polar surface area (TPSA) is 64.3 Å². The number of nitrogens with two attached hydrogens (primary N) is 1. The van der Waals surface area contributed by atoms with Crippen LogP contribution in [0.5, 0.6) is 0 Å². The molecule has 2 rings (SSSR count). The van der Waals surface area contributed by atoms with Gasteiger partial charge in [-0.3, -0.25) is 4.79 Å². The summed E-state index contributed by atoms with van der Waals surface area (Å²) in [4.78, 5) is 12.7. The van der Waals surface area contributed by atoms with Crippen LogP contribution in [0.1, 0.15) is 38.8 Å². The Kier molecular flexibility index (Phi) is 5.01. The first kappa shape index (κ1) is 16.0. The van der Waals surface area contributed by atoms with Crippen LogP contribution in [-0.2, 0) is 9.53 Å². The number of benzene rings is 1. The number of rotatable bonds is 5. The lowest BCUT2D eigenvalue weighted by atomic mass is 9.84. The van der Waals surface area contributed by atoms with Gasteiger partial charge in [0, 0.05) is 6.04 Å². The highest BCUT2D eigenvalue weighted by Crippen LogP contribution is 2.29. The van der Waals surface area contributed by atoms with Gasteiger partial charge >= 0.3 is 0 Å². The van der Waals surface area contributed by atoms with Crippen molar-refractivity contribution in [3.63, 3.8) is 0 Å². The molecule has 0 aliphatic carbocycles. The van der Waals surface area contributed by atoms with Crippen LogP contribution >= 0.6 is 0 Å². The minimum Gasteiger partial charge on any atom is -0.379 e. The maximum atomic E-state index is 12.7. The molecule has 0 saturated carbocycles. The zero-order valence-electron chi connectivity index (χ0n) is 13.1. The molecule has 0 radical (unpaired) electrons. The molecule has 1 aromatic rings. The number of hydrogen-bond acceptors (Lipinski definition) is 3.